The molecule has 0 aromatic heterocycles. The van der Waals surface area contributed by atoms with Crippen molar-refractivity contribution in [3.63, 3.8) is 0 Å². The summed E-state index contributed by atoms with van der Waals surface area (Å²) in [5.74, 6) is 0.104. The fraction of sp³-hybridized carbons (Fsp3) is 0.875. The zero-order chi connectivity index (χ0) is 9.02. The van der Waals surface area contributed by atoms with E-state index in [1.807, 2.05) is 25.9 Å². The molecule has 0 saturated heterocycles. The highest BCUT2D eigenvalue weighted by Gasteiger charge is 2.22. The zero-order valence-corrected chi connectivity index (χ0v) is 7.79. The van der Waals surface area contributed by atoms with E-state index in [0.717, 1.165) is 6.42 Å². The molecule has 0 aliphatic heterocycles. The number of nitrogens with two attached hydrogens (primary N) is 1. The number of carbonyl (C=O) groups excluding carboxylic acids is 1. The van der Waals surface area contributed by atoms with Crippen molar-refractivity contribution in [1.82, 2.24) is 4.90 Å². The third-order valence-corrected chi connectivity index (χ3v) is 2.03. The Hall–Kier alpha value is -0.570. The van der Waals surface area contributed by atoms with Crippen LogP contribution in [0.3, 0.4) is 0 Å². The van der Waals surface area contributed by atoms with E-state index < -0.39 is 0 Å². The molecule has 0 fully saturated rings. The Morgan fingerprint density at radius 3 is 2.09 bits per heavy atom. The van der Waals surface area contributed by atoms with Crippen molar-refractivity contribution < 1.29 is 4.79 Å². The van der Waals surface area contributed by atoms with E-state index in [4.69, 9.17) is 5.73 Å². The number of rotatable bonds is 4. The molecule has 11 heavy (non-hydrogen) atoms. The molecular formula is C8H18N2O. The van der Waals surface area contributed by atoms with Crippen molar-refractivity contribution in [2.75, 3.05) is 14.1 Å². The molecule has 0 aromatic carbocycles. The van der Waals surface area contributed by atoms with Crippen molar-refractivity contribution in [2.45, 2.75) is 26.3 Å². The summed E-state index contributed by atoms with van der Waals surface area (Å²) in [7, 11) is 3.75. The third kappa shape index (κ3) is 2.89. The number of hydrogen-bond acceptors (Lipinski definition) is 2. The van der Waals surface area contributed by atoms with Crippen LogP contribution in [-0.2, 0) is 4.79 Å². The zero-order valence-electron chi connectivity index (χ0n) is 7.79. The summed E-state index contributed by atoms with van der Waals surface area (Å²) in [5.41, 5.74) is 5.23. The fourth-order valence-electron chi connectivity index (χ4n) is 1.27. The maximum atomic E-state index is 10.9. The average molecular weight is 158 g/mol. The molecule has 0 saturated carbocycles. The van der Waals surface area contributed by atoms with Crippen LogP contribution in [0.4, 0.5) is 0 Å². The monoisotopic (exact) mass is 158 g/mol. The molecule has 2 N–H and O–H groups in total. The van der Waals surface area contributed by atoms with Crippen LogP contribution >= 0.6 is 0 Å². The van der Waals surface area contributed by atoms with Crippen molar-refractivity contribution in [1.29, 1.82) is 0 Å². The minimum Gasteiger partial charge on any atom is -0.368 e. The number of nitrogens with zero attached hydrogens (tertiary/aromatic N) is 1. The molecule has 0 aromatic rings. The van der Waals surface area contributed by atoms with Crippen LogP contribution in [-0.4, -0.2) is 30.9 Å². The molecular weight excluding hydrogens is 140 g/mol. The van der Waals surface area contributed by atoms with Crippen LogP contribution in [0, 0.1) is 5.92 Å². The second-order valence-electron chi connectivity index (χ2n) is 3.20. The Bertz CT molecular complexity index is 134. The summed E-state index contributed by atoms with van der Waals surface area (Å²) < 4.78 is 0. The van der Waals surface area contributed by atoms with E-state index in [9.17, 15) is 4.79 Å². The summed E-state index contributed by atoms with van der Waals surface area (Å²) in [6.07, 6.45) is 0.978. The van der Waals surface area contributed by atoms with Crippen LogP contribution in [0.2, 0.25) is 0 Å². The molecule has 1 amide bonds. The first-order chi connectivity index (χ1) is 5.00. The lowest BCUT2D eigenvalue weighted by atomic mass is 9.98. The fourth-order valence-corrected chi connectivity index (χ4v) is 1.27. The van der Waals surface area contributed by atoms with E-state index >= 15 is 0 Å². The summed E-state index contributed by atoms with van der Waals surface area (Å²) in [6.45, 7) is 4.10. The maximum absolute atomic E-state index is 10.9. The van der Waals surface area contributed by atoms with Gasteiger partial charge < -0.3 is 5.73 Å². The minimum atomic E-state index is -0.232. The predicted molar refractivity (Wildman–Crippen MR) is 46.1 cm³/mol. The number of primary amides is 1. The summed E-state index contributed by atoms with van der Waals surface area (Å²) in [5, 5.41) is 0. The van der Waals surface area contributed by atoms with Gasteiger partial charge in [-0.25, -0.2) is 0 Å². The van der Waals surface area contributed by atoms with Crippen molar-refractivity contribution in [3.05, 3.63) is 0 Å². The van der Waals surface area contributed by atoms with Gasteiger partial charge in [0.05, 0.1) is 6.04 Å². The van der Waals surface area contributed by atoms with Crippen molar-refractivity contribution in [2.24, 2.45) is 11.7 Å². The number of carbonyl (C=O) groups is 1. The van der Waals surface area contributed by atoms with Gasteiger partial charge in [0.1, 0.15) is 0 Å². The minimum absolute atomic E-state index is 0.125. The Morgan fingerprint density at radius 1 is 1.55 bits per heavy atom. The topological polar surface area (TPSA) is 46.3 Å². The van der Waals surface area contributed by atoms with E-state index in [-0.39, 0.29) is 11.9 Å². The molecule has 0 aliphatic rings. The van der Waals surface area contributed by atoms with Crippen LogP contribution in [0.15, 0.2) is 0 Å². The Morgan fingerprint density at radius 2 is 2.00 bits per heavy atom. The highest BCUT2D eigenvalue weighted by molar-refractivity contribution is 5.80. The maximum Gasteiger partial charge on any atom is 0.235 e. The highest BCUT2D eigenvalue weighted by Crippen LogP contribution is 2.11. The molecule has 0 aliphatic carbocycles. The summed E-state index contributed by atoms with van der Waals surface area (Å²) in [6, 6.07) is -0.125. The van der Waals surface area contributed by atoms with Gasteiger partial charge in [0.15, 0.2) is 0 Å². The van der Waals surface area contributed by atoms with E-state index in [0.29, 0.717) is 5.92 Å². The van der Waals surface area contributed by atoms with Gasteiger partial charge in [0.25, 0.3) is 0 Å². The summed E-state index contributed by atoms with van der Waals surface area (Å²) >= 11 is 0. The van der Waals surface area contributed by atoms with Gasteiger partial charge in [-0.3, -0.25) is 9.69 Å². The van der Waals surface area contributed by atoms with Gasteiger partial charge in [-0.15, -0.1) is 0 Å². The van der Waals surface area contributed by atoms with Gasteiger partial charge in [-0.2, -0.15) is 0 Å². The first kappa shape index (κ1) is 10.4. The lowest BCUT2D eigenvalue weighted by Gasteiger charge is -2.26. The molecule has 0 spiro atoms. The average Bonchev–Trinajstić information content (AvgIpc) is 1.85. The van der Waals surface area contributed by atoms with Crippen LogP contribution in [0.1, 0.15) is 20.3 Å². The molecule has 3 nitrogen and oxygen atoms in total. The molecule has 0 radical (unpaired) electrons. The lowest BCUT2D eigenvalue weighted by Crippen LogP contribution is -2.44. The number of amides is 1. The van der Waals surface area contributed by atoms with E-state index in [1.54, 1.807) is 0 Å². The lowest BCUT2D eigenvalue weighted by molar-refractivity contribution is -0.123. The Labute approximate surface area is 68.6 Å². The molecule has 0 bridgehead atoms. The van der Waals surface area contributed by atoms with Gasteiger partial charge in [-0.05, 0) is 20.0 Å². The highest BCUT2D eigenvalue weighted by atomic mass is 16.1. The van der Waals surface area contributed by atoms with Crippen LogP contribution in [0.25, 0.3) is 0 Å². The van der Waals surface area contributed by atoms with Crippen LogP contribution < -0.4 is 5.73 Å². The largest absolute Gasteiger partial charge is 0.368 e. The summed E-state index contributed by atoms with van der Waals surface area (Å²) in [4.78, 5) is 12.8. The Balaban J connectivity index is 4.21. The molecule has 66 valence electrons. The van der Waals surface area contributed by atoms with Gasteiger partial charge in [0.2, 0.25) is 5.91 Å². The first-order valence-electron chi connectivity index (χ1n) is 3.96. The SMILES string of the molecule is CCC(C)[C@H](C(N)=O)N(C)C. The number of likely N-dealkylation sites (N-methyl/N-ethyl adjacent to an activating group) is 1. The quantitative estimate of drug-likeness (QED) is 0.645. The normalized spacial score (nSPS) is 16.5. The Kier molecular flexibility index (Phi) is 4.11. The second-order valence-corrected chi connectivity index (χ2v) is 3.20. The molecule has 2 atom stereocenters. The van der Waals surface area contributed by atoms with Gasteiger partial charge in [0, 0.05) is 0 Å². The second kappa shape index (κ2) is 4.34. The van der Waals surface area contributed by atoms with E-state index in [1.165, 1.54) is 0 Å². The third-order valence-electron chi connectivity index (χ3n) is 2.03. The smallest absolute Gasteiger partial charge is 0.235 e. The van der Waals surface area contributed by atoms with Crippen molar-refractivity contribution >= 4 is 5.91 Å². The van der Waals surface area contributed by atoms with Crippen LogP contribution in [0.5, 0.6) is 0 Å². The number of hydrogen-bond donors (Lipinski definition) is 1. The molecule has 3 heteroatoms. The molecule has 0 rings (SSSR count). The first-order valence-corrected chi connectivity index (χ1v) is 3.96. The predicted octanol–water partition coefficient (Wildman–Crippen LogP) is 0.448. The van der Waals surface area contributed by atoms with Gasteiger partial charge in [-0.1, -0.05) is 20.3 Å². The molecule has 0 heterocycles. The van der Waals surface area contributed by atoms with Crippen molar-refractivity contribution in [3.8, 4) is 0 Å². The van der Waals surface area contributed by atoms with E-state index in [2.05, 4.69) is 6.92 Å². The molecule has 1 unspecified atom stereocenters. The van der Waals surface area contributed by atoms with Gasteiger partial charge >= 0.3 is 0 Å². The standard InChI is InChI=1S/C8H18N2O/c1-5-6(2)7(8(9)11)10(3)4/h6-7H,5H2,1-4H3,(H2,9,11)/t6?,7-/m1/s1.